The summed E-state index contributed by atoms with van der Waals surface area (Å²) in [5.74, 6) is 0.343. The minimum absolute atomic E-state index is 0. The van der Waals surface area contributed by atoms with Gasteiger partial charge in [-0.1, -0.05) is 17.7 Å². The zero-order valence-electron chi connectivity index (χ0n) is 12.5. The molecule has 6 heteroatoms. The van der Waals surface area contributed by atoms with Crippen LogP contribution in [0.2, 0.25) is 5.02 Å². The number of hydrogen-bond donors (Lipinski definition) is 1. The Morgan fingerprint density at radius 2 is 1.95 bits per heavy atom. The van der Waals surface area contributed by atoms with E-state index in [1.165, 1.54) is 31.4 Å². The highest BCUT2D eigenvalue weighted by molar-refractivity contribution is 14.0. The molecule has 2 N–H and O–H groups in total. The Bertz CT molecular complexity index is 554. The number of halogens is 3. The summed E-state index contributed by atoms with van der Waals surface area (Å²) in [5, 5.41) is 0.499. The van der Waals surface area contributed by atoms with E-state index >= 15 is 0 Å². The molecule has 1 saturated carbocycles. The Balaban J connectivity index is 0.00000176. The van der Waals surface area contributed by atoms with Gasteiger partial charge in [0.25, 0.3) is 0 Å². The van der Waals surface area contributed by atoms with Crippen molar-refractivity contribution >= 4 is 41.5 Å². The molecular formula is C16H22ClFIN3. The van der Waals surface area contributed by atoms with Crippen LogP contribution < -0.4 is 5.73 Å². The Morgan fingerprint density at radius 3 is 2.55 bits per heavy atom. The quantitative estimate of drug-likeness (QED) is 0.442. The van der Waals surface area contributed by atoms with E-state index in [9.17, 15) is 4.39 Å². The van der Waals surface area contributed by atoms with E-state index in [0.717, 1.165) is 31.5 Å². The number of likely N-dealkylation sites (tertiary alicyclic amines) is 1. The average Bonchev–Trinajstić information content (AvgIpc) is 3.26. The Hall–Kier alpha value is -0.560. The van der Waals surface area contributed by atoms with Crippen LogP contribution >= 0.6 is 35.6 Å². The maximum Gasteiger partial charge on any atom is 0.191 e. The second-order valence-corrected chi connectivity index (χ2v) is 6.53. The maximum absolute atomic E-state index is 13.2. The molecule has 2 fully saturated rings. The van der Waals surface area contributed by atoms with Gasteiger partial charge in [-0.05, 0) is 49.8 Å². The van der Waals surface area contributed by atoms with E-state index in [2.05, 4.69) is 9.89 Å². The molecule has 22 heavy (non-hydrogen) atoms. The lowest BCUT2D eigenvalue weighted by atomic mass is 9.96. The van der Waals surface area contributed by atoms with E-state index in [4.69, 9.17) is 17.3 Å². The summed E-state index contributed by atoms with van der Waals surface area (Å²) in [6, 6.07) is 4.64. The molecule has 0 unspecified atom stereocenters. The Labute approximate surface area is 153 Å². The molecule has 1 saturated heterocycles. The topological polar surface area (TPSA) is 41.6 Å². The molecular weight excluding hydrogens is 416 g/mol. The van der Waals surface area contributed by atoms with Gasteiger partial charge in [-0.25, -0.2) is 4.39 Å². The van der Waals surface area contributed by atoms with Crippen molar-refractivity contribution in [2.45, 2.75) is 37.5 Å². The third kappa shape index (κ3) is 3.85. The smallest absolute Gasteiger partial charge is 0.191 e. The highest BCUT2D eigenvalue weighted by Crippen LogP contribution is 2.50. The molecule has 1 aromatic rings. The van der Waals surface area contributed by atoms with Crippen molar-refractivity contribution in [3.05, 3.63) is 34.6 Å². The number of hydrogen-bond acceptors (Lipinski definition) is 1. The maximum atomic E-state index is 13.2. The minimum atomic E-state index is -0.295. The first-order chi connectivity index (χ1) is 10.1. The van der Waals surface area contributed by atoms with Gasteiger partial charge in [0, 0.05) is 23.5 Å². The first-order valence-electron chi connectivity index (χ1n) is 7.61. The molecule has 1 heterocycles. The zero-order chi connectivity index (χ0) is 14.9. The van der Waals surface area contributed by atoms with Crippen molar-refractivity contribution in [2.24, 2.45) is 10.7 Å². The van der Waals surface area contributed by atoms with Crippen LogP contribution in [0.4, 0.5) is 4.39 Å². The van der Waals surface area contributed by atoms with Crippen LogP contribution in [-0.4, -0.2) is 30.5 Å². The molecule has 1 aliphatic carbocycles. The fourth-order valence-corrected chi connectivity index (χ4v) is 3.41. The van der Waals surface area contributed by atoms with Crippen molar-refractivity contribution in [1.82, 2.24) is 4.90 Å². The third-order valence-electron chi connectivity index (χ3n) is 4.58. The molecule has 1 aliphatic heterocycles. The van der Waals surface area contributed by atoms with E-state index in [1.54, 1.807) is 6.07 Å². The van der Waals surface area contributed by atoms with Crippen molar-refractivity contribution < 1.29 is 4.39 Å². The molecule has 0 radical (unpaired) electrons. The van der Waals surface area contributed by atoms with Gasteiger partial charge >= 0.3 is 0 Å². The lowest BCUT2D eigenvalue weighted by molar-refractivity contribution is 0.337. The molecule has 1 aromatic carbocycles. The Kier molecular flexibility index (Phi) is 5.94. The molecule has 0 aromatic heterocycles. The van der Waals surface area contributed by atoms with Crippen molar-refractivity contribution in [3.8, 4) is 0 Å². The first-order valence-corrected chi connectivity index (χ1v) is 7.99. The molecule has 0 bridgehead atoms. The average molecular weight is 438 g/mol. The number of piperidine rings is 1. The van der Waals surface area contributed by atoms with Crippen molar-refractivity contribution in [1.29, 1.82) is 0 Å². The number of nitrogens with zero attached hydrogens (tertiary/aromatic N) is 2. The summed E-state index contributed by atoms with van der Waals surface area (Å²) in [6.45, 7) is 2.64. The zero-order valence-corrected chi connectivity index (χ0v) is 15.6. The number of guanidine groups is 1. The summed E-state index contributed by atoms with van der Waals surface area (Å²) in [4.78, 5) is 6.75. The third-order valence-corrected chi connectivity index (χ3v) is 4.89. The fraction of sp³-hybridized carbons (Fsp3) is 0.562. The minimum Gasteiger partial charge on any atom is -0.370 e. The van der Waals surface area contributed by atoms with Crippen LogP contribution in [0, 0.1) is 5.82 Å². The van der Waals surface area contributed by atoms with Crippen molar-refractivity contribution in [3.63, 3.8) is 0 Å². The molecule has 3 nitrogen and oxygen atoms in total. The summed E-state index contributed by atoms with van der Waals surface area (Å²) >= 11 is 6.19. The summed E-state index contributed by atoms with van der Waals surface area (Å²) in [6.07, 6.45) is 5.72. The molecule has 0 amide bonds. The normalized spacial score (nSPS) is 20.5. The summed E-state index contributed by atoms with van der Waals surface area (Å²) in [5.41, 5.74) is 7.07. The van der Waals surface area contributed by atoms with Gasteiger partial charge < -0.3 is 10.6 Å². The second kappa shape index (κ2) is 7.34. The van der Waals surface area contributed by atoms with Gasteiger partial charge in [0.15, 0.2) is 5.96 Å². The van der Waals surface area contributed by atoms with Crippen LogP contribution in [0.15, 0.2) is 23.2 Å². The molecule has 0 atom stereocenters. The monoisotopic (exact) mass is 437 g/mol. The lowest BCUT2D eigenvalue weighted by Crippen LogP contribution is -2.41. The highest BCUT2D eigenvalue weighted by Gasteiger charge is 2.45. The number of aliphatic imine (C=N–C) groups is 1. The number of nitrogens with two attached hydrogens (primary N) is 1. The Morgan fingerprint density at radius 1 is 1.27 bits per heavy atom. The van der Waals surface area contributed by atoms with Gasteiger partial charge in [-0.2, -0.15) is 0 Å². The van der Waals surface area contributed by atoms with E-state index in [-0.39, 0.29) is 35.2 Å². The molecule has 2 aliphatic rings. The van der Waals surface area contributed by atoms with Crippen LogP contribution in [0.1, 0.15) is 37.7 Å². The SMILES string of the molecule is I.NC(=NCC1(c2ccc(F)cc2Cl)CC1)N1CCCCC1. The largest absolute Gasteiger partial charge is 0.370 e. The van der Waals surface area contributed by atoms with Gasteiger partial charge in [0.05, 0.1) is 6.54 Å². The first kappa shape index (κ1) is 17.8. The van der Waals surface area contributed by atoms with Crippen LogP contribution in [0.3, 0.4) is 0 Å². The molecule has 0 spiro atoms. The van der Waals surface area contributed by atoms with Gasteiger partial charge in [-0.15, -0.1) is 24.0 Å². The van der Waals surface area contributed by atoms with Gasteiger partial charge in [0.1, 0.15) is 5.82 Å². The van der Waals surface area contributed by atoms with Gasteiger partial charge in [0.2, 0.25) is 0 Å². The highest BCUT2D eigenvalue weighted by atomic mass is 127. The van der Waals surface area contributed by atoms with Crippen LogP contribution in [0.25, 0.3) is 0 Å². The summed E-state index contributed by atoms with van der Waals surface area (Å²) < 4.78 is 13.2. The number of benzene rings is 1. The lowest BCUT2D eigenvalue weighted by Gasteiger charge is -2.28. The molecule has 122 valence electrons. The number of rotatable bonds is 3. The van der Waals surface area contributed by atoms with E-state index in [1.807, 2.05) is 0 Å². The van der Waals surface area contributed by atoms with Crippen LogP contribution in [0.5, 0.6) is 0 Å². The second-order valence-electron chi connectivity index (χ2n) is 6.13. The van der Waals surface area contributed by atoms with Crippen molar-refractivity contribution in [2.75, 3.05) is 19.6 Å². The van der Waals surface area contributed by atoms with Crippen LogP contribution in [-0.2, 0) is 5.41 Å². The molecule has 3 rings (SSSR count). The van der Waals surface area contributed by atoms with Gasteiger partial charge in [-0.3, -0.25) is 4.99 Å². The van der Waals surface area contributed by atoms with E-state index < -0.39 is 0 Å². The predicted molar refractivity (Wildman–Crippen MR) is 99.7 cm³/mol. The fourth-order valence-electron chi connectivity index (χ4n) is 3.04. The predicted octanol–water partition coefficient (Wildman–Crippen LogP) is 3.93. The summed E-state index contributed by atoms with van der Waals surface area (Å²) in [7, 11) is 0. The van der Waals surface area contributed by atoms with E-state index in [0.29, 0.717) is 17.5 Å². The standard InChI is InChI=1S/C16H21ClFN3.HI/c17-14-10-12(18)4-5-13(14)16(6-7-16)11-20-15(19)21-8-2-1-3-9-21;/h4-5,10H,1-3,6-9,11H2,(H2,19,20);1H.